The number of fused-ring (bicyclic) bond motifs is 2. The number of likely N-dealkylation sites (tertiary alicyclic amines) is 1. The minimum absolute atomic E-state index is 0.157. The van der Waals surface area contributed by atoms with Crippen molar-refractivity contribution in [2.75, 3.05) is 19.6 Å². The first kappa shape index (κ1) is 17.3. The second-order valence-corrected chi connectivity index (χ2v) is 8.30. The summed E-state index contributed by atoms with van der Waals surface area (Å²) in [4.78, 5) is 5.11. The van der Waals surface area contributed by atoms with E-state index in [0.717, 1.165) is 44.4 Å². The summed E-state index contributed by atoms with van der Waals surface area (Å²) in [7, 11) is 0. The van der Waals surface area contributed by atoms with Gasteiger partial charge in [0.25, 0.3) is 0 Å². The third-order valence-corrected chi connectivity index (χ3v) is 6.80. The van der Waals surface area contributed by atoms with Gasteiger partial charge in [0.2, 0.25) is 0 Å². The van der Waals surface area contributed by atoms with E-state index in [2.05, 4.69) is 28.0 Å². The van der Waals surface area contributed by atoms with Gasteiger partial charge in [0.15, 0.2) is 0 Å². The third-order valence-electron chi connectivity index (χ3n) is 6.80. The second kappa shape index (κ2) is 6.67. The van der Waals surface area contributed by atoms with E-state index in [4.69, 9.17) is 0 Å². The summed E-state index contributed by atoms with van der Waals surface area (Å²) >= 11 is 0. The smallest absolute Gasteiger partial charge is 0.126 e. The van der Waals surface area contributed by atoms with Crippen molar-refractivity contribution in [1.82, 2.24) is 19.6 Å². The van der Waals surface area contributed by atoms with Crippen LogP contribution >= 0.6 is 0 Å². The first-order chi connectivity index (χ1) is 13.1. The minimum Gasteiger partial charge on any atom is -0.298 e. The Morgan fingerprint density at radius 3 is 2.48 bits per heavy atom. The molecule has 1 aromatic carbocycles. The van der Waals surface area contributed by atoms with Crippen molar-refractivity contribution in [3.63, 3.8) is 0 Å². The number of hydrogen-bond donors (Lipinski definition) is 0. The molecule has 0 unspecified atom stereocenters. The number of nitrogens with zero attached hydrogens (tertiary/aromatic N) is 4. The van der Waals surface area contributed by atoms with Gasteiger partial charge in [0.1, 0.15) is 11.6 Å². The number of hydrogen-bond acceptors (Lipinski definition) is 3. The van der Waals surface area contributed by atoms with E-state index in [1.165, 1.54) is 30.5 Å². The molecule has 6 rings (SSSR count). The summed E-state index contributed by atoms with van der Waals surface area (Å²) in [5.74, 6) is -0.102. The second-order valence-electron chi connectivity index (χ2n) is 8.30. The highest BCUT2D eigenvalue weighted by Crippen LogP contribution is 2.47. The SMILES string of the molecule is CCn1cc(CN2C[C@@H](c3cc(F)cc(F)c3)[C@@H]3[C@H]2C2CCN3CC2)cn1. The van der Waals surface area contributed by atoms with Crippen molar-refractivity contribution in [1.29, 1.82) is 0 Å². The van der Waals surface area contributed by atoms with E-state index in [0.29, 0.717) is 18.0 Å². The van der Waals surface area contributed by atoms with Crippen molar-refractivity contribution >= 4 is 0 Å². The number of benzene rings is 1. The molecule has 0 amide bonds. The fraction of sp³-hybridized carbons (Fsp3) is 0.571. The van der Waals surface area contributed by atoms with Crippen LogP contribution in [0.15, 0.2) is 30.6 Å². The molecule has 0 radical (unpaired) electrons. The molecule has 4 aliphatic heterocycles. The van der Waals surface area contributed by atoms with Crippen LogP contribution in [0.2, 0.25) is 0 Å². The van der Waals surface area contributed by atoms with Gasteiger partial charge in [0.05, 0.1) is 6.20 Å². The number of halogens is 2. The van der Waals surface area contributed by atoms with Crippen LogP contribution in [0.4, 0.5) is 8.78 Å². The van der Waals surface area contributed by atoms with E-state index in [1.807, 2.05) is 10.9 Å². The largest absolute Gasteiger partial charge is 0.298 e. The van der Waals surface area contributed by atoms with Gasteiger partial charge in [0, 0.05) is 55.5 Å². The van der Waals surface area contributed by atoms with E-state index >= 15 is 0 Å². The molecular weight excluding hydrogens is 346 g/mol. The predicted molar refractivity (Wildman–Crippen MR) is 99.3 cm³/mol. The van der Waals surface area contributed by atoms with Crippen LogP contribution in [0, 0.1) is 17.6 Å². The van der Waals surface area contributed by atoms with Gasteiger partial charge in [-0.1, -0.05) is 0 Å². The molecule has 3 atom stereocenters. The van der Waals surface area contributed by atoms with E-state index in [1.54, 1.807) is 0 Å². The summed E-state index contributed by atoms with van der Waals surface area (Å²) in [6, 6.07) is 4.87. The Balaban J connectivity index is 1.47. The minimum atomic E-state index is -0.472. The number of aromatic nitrogens is 2. The lowest BCUT2D eigenvalue weighted by atomic mass is 9.75. The highest BCUT2D eigenvalue weighted by molar-refractivity contribution is 5.28. The fourth-order valence-electron chi connectivity index (χ4n) is 5.70. The topological polar surface area (TPSA) is 24.3 Å². The Morgan fingerprint density at radius 2 is 1.81 bits per heavy atom. The zero-order valence-corrected chi connectivity index (χ0v) is 15.7. The highest BCUT2D eigenvalue weighted by Gasteiger charge is 2.53. The Labute approximate surface area is 158 Å². The molecule has 4 saturated heterocycles. The molecule has 0 spiro atoms. The van der Waals surface area contributed by atoms with Crippen LogP contribution < -0.4 is 0 Å². The number of aryl methyl sites for hydroxylation is 1. The molecule has 27 heavy (non-hydrogen) atoms. The van der Waals surface area contributed by atoms with Gasteiger partial charge in [-0.15, -0.1) is 0 Å². The predicted octanol–water partition coefficient (Wildman–Crippen LogP) is 3.24. The average molecular weight is 372 g/mol. The van der Waals surface area contributed by atoms with Gasteiger partial charge < -0.3 is 0 Å². The summed E-state index contributed by atoms with van der Waals surface area (Å²) in [5.41, 5.74) is 2.03. The van der Waals surface area contributed by atoms with Gasteiger partial charge in [-0.2, -0.15) is 5.10 Å². The maximum absolute atomic E-state index is 13.9. The van der Waals surface area contributed by atoms with Crippen LogP contribution in [0.25, 0.3) is 0 Å². The zero-order chi connectivity index (χ0) is 18.5. The Bertz CT molecular complexity index is 807. The van der Waals surface area contributed by atoms with Crippen LogP contribution in [0.3, 0.4) is 0 Å². The molecule has 4 aliphatic rings. The lowest BCUT2D eigenvalue weighted by Crippen LogP contribution is -2.59. The lowest BCUT2D eigenvalue weighted by molar-refractivity contribution is -0.00872. The molecule has 6 heteroatoms. The summed E-state index contributed by atoms with van der Waals surface area (Å²) in [6.07, 6.45) is 6.53. The molecule has 2 aromatic rings. The molecule has 0 aliphatic carbocycles. The number of rotatable bonds is 4. The van der Waals surface area contributed by atoms with Crippen molar-refractivity contribution in [3.8, 4) is 0 Å². The highest BCUT2D eigenvalue weighted by atomic mass is 19.1. The molecule has 0 N–H and O–H groups in total. The van der Waals surface area contributed by atoms with Crippen LogP contribution in [0.1, 0.15) is 36.8 Å². The Kier molecular flexibility index (Phi) is 4.28. The van der Waals surface area contributed by atoms with Crippen molar-refractivity contribution < 1.29 is 8.78 Å². The molecule has 5 heterocycles. The van der Waals surface area contributed by atoms with Gasteiger partial charge in [-0.05, 0) is 56.5 Å². The zero-order valence-electron chi connectivity index (χ0n) is 15.7. The summed E-state index contributed by atoms with van der Waals surface area (Å²) in [5, 5.41) is 4.41. The monoisotopic (exact) mass is 372 g/mol. The van der Waals surface area contributed by atoms with E-state index < -0.39 is 11.6 Å². The molecule has 144 valence electrons. The van der Waals surface area contributed by atoms with Crippen LogP contribution in [0.5, 0.6) is 0 Å². The lowest BCUT2D eigenvalue weighted by Gasteiger charge is -2.51. The van der Waals surface area contributed by atoms with E-state index in [9.17, 15) is 8.78 Å². The number of piperidine rings is 3. The van der Waals surface area contributed by atoms with Crippen molar-refractivity contribution in [3.05, 3.63) is 53.4 Å². The van der Waals surface area contributed by atoms with Gasteiger partial charge in [-0.25, -0.2) is 8.78 Å². The van der Waals surface area contributed by atoms with Crippen LogP contribution in [-0.4, -0.2) is 51.3 Å². The third kappa shape index (κ3) is 2.99. The summed E-state index contributed by atoms with van der Waals surface area (Å²) in [6.45, 7) is 6.89. The molecular formula is C21H26F2N4. The standard InChI is InChI=1S/C21H26F2N4/c1-2-27-12-14(10-24-27)11-26-13-19(16-7-17(22)9-18(23)8-16)21-20(26)15-3-5-25(21)6-4-15/h7-10,12,15,19-21H,2-6,11,13H2,1H3/t19-,20+,21+/m0/s1. The molecule has 1 aromatic heterocycles. The molecule has 2 bridgehead atoms. The summed E-state index contributed by atoms with van der Waals surface area (Å²) < 4.78 is 29.8. The molecule has 0 saturated carbocycles. The normalized spacial score (nSPS) is 32.8. The Hall–Kier alpha value is -1.79. The first-order valence-electron chi connectivity index (χ1n) is 10.1. The van der Waals surface area contributed by atoms with Gasteiger partial charge in [-0.3, -0.25) is 14.5 Å². The maximum atomic E-state index is 13.9. The maximum Gasteiger partial charge on any atom is 0.126 e. The van der Waals surface area contributed by atoms with Crippen LogP contribution in [-0.2, 0) is 13.1 Å². The average Bonchev–Trinajstić information content (AvgIpc) is 3.28. The quantitative estimate of drug-likeness (QED) is 0.824. The fourth-order valence-corrected chi connectivity index (χ4v) is 5.70. The van der Waals surface area contributed by atoms with Crippen molar-refractivity contribution in [2.45, 2.75) is 50.9 Å². The Morgan fingerprint density at radius 1 is 1.07 bits per heavy atom. The van der Waals surface area contributed by atoms with Gasteiger partial charge >= 0.3 is 0 Å². The van der Waals surface area contributed by atoms with Crippen molar-refractivity contribution in [2.24, 2.45) is 5.92 Å². The molecule has 4 fully saturated rings. The first-order valence-corrected chi connectivity index (χ1v) is 10.1. The van der Waals surface area contributed by atoms with E-state index in [-0.39, 0.29) is 5.92 Å². The molecule has 4 nitrogen and oxygen atoms in total.